The Labute approximate surface area is 171 Å². The fourth-order valence-corrected chi connectivity index (χ4v) is 3.69. The number of halogens is 2. The van der Waals surface area contributed by atoms with Crippen LogP contribution in [0.3, 0.4) is 0 Å². The van der Waals surface area contributed by atoms with Gasteiger partial charge >= 0.3 is 0 Å². The second-order valence-corrected chi connectivity index (χ2v) is 7.96. The van der Waals surface area contributed by atoms with Gasteiger partial charge in [-0.2, -0.15) is 0 Å². The number of carbonyl (C=O) groups excluding carboxylic acids is 1. The van der Waals surface area contributed by atoms with E-state index in [4.69, 9.17) is 27.9 Å². The number of thioether (sulfide) groups is 1. The molecule has 2 aromatic heterocycles. The molecule has 9 heteroatoms. The Hall–Kier alpha value is -1.80. The molecule has 0 aliphatic rings. The Morgan fingerprint density at radius 2 is 2.07 bits per heavy atom. The lowest BCUT2D eigenvalue weighted by Gasteiger charge is -2.13. The number of hydrogen-bond acceptors (Lipinski definition) is 5. The number of fused-ring (bicyclic) bond motifs is 1. The lowest BCUT2D eigenvalue weighted by Crippen LogP contribution is -2.23. The standard InChI is InChI=1S/C18H18Cl2N4O2S/c1-11(17(25)23-16-6-4-13(20)10-21-16)27-18-22-14-9-12(19)3-5-15(14)24(18)7-8-26-2/h3-6,9-11H,7-8H2,1-2H3,(H,21,23,25). The van der Waals surface area contributed by atoms with Crippen LogP contribution in [0.5, 0.6) is 0 Å². The average Bonchev–Trinajstić information content (AvgIpc) is 2.97. The SMILES string of the molecule is COCCn1c(SC(C)C(=O)Nc2ccc(Cl)cn2)nc2cc(Cl)ccc21. The molecule has 1 amide bonds. The molecule has 0 bridgehead atoms. The minimum atomic E-state index is -0.379. The zero-order valence-electron chi connectivity index (χ0n) is 14.8. The van der Waals surface area contributed by atoms with Gasteiger partial charge in [-0.3, -0.25) is 4.79 Å². The summed E-state index contributed by atoms with van der Waals surface area (Å²) in [7, 11) is 1.65. The van der Waals surface area contributed by atoms with Crippen LogP contribution < -0.4 is 5.32 Å². The molecule has 142 valence electrons. The molecular weight excluding hydrogens is 407 g/mol. The van der Waals surface area contributed by atoms with Gasteiger partial charge in [-0.1, -0.05) is 35.0 Å². The van der Waals surface area contributed by atoms with Gasteiger partial charge in [0.25, 0.3) is 0 Å². The second kappa shape index (κ2) is 8.93. The zero-order valence-corrected chi connectivity index (χ0v) is 17.1. The lowest BCUT2D eigenvalue weighted by molar-refractivity contribution is -0.115. The van der Waals surface area contributed by atoms with Gasteiger partial charge in [-0.05, 0) is 37.3 Å². The van der Waals surface area contributed by atoms with Crippen LogP contribution in [0.2, 0.25) is 10.0 Å². The molecule has 6 nitrogen and oxygen atoms in total. The van der Waals surface area contributed by atoms with Gasteiger partial charge in [0.05, 0.1) is 27.9 Å². The highest BCUT2D eigenvalue weighted by atomic mass is 35.5. The summed E-state index contributed by atoms with van der Waals surface area (Å²) in [5, 5.41) is 4.27. The number of carbonyl (C=O) groups is 1. The first kappa shape index (κ1) is 19.9. The van der Waals surface area contributed by atoms with Gasteiger partial charge in [0.15, 0.2) is 5.16 Å². The number of benzene rings is 1. The number of nitrogens with one attached hydrogen (secondary N) is 1. The molecule has 1 N–H and O–H groups in total. The van der Waals surface area contributed by atoms with Crippen molar-refractivity contribution in [2.45, 2.75) is 23.9 Å². The van der Waals surface area contributed by atoms with Crippen molar-refractivity contribution >= 4 is 57.7 Å². The van der Waals surface area contributed by atoms with Gasteiger partial charge in [0.1, 0.15) is 5.82 Å². The summed E-state index contributed by atoms with van der Waals surface area (Å²) < 4.78 is 7.23. The lowest BCUT2D eigenvalue weighted by atomic mass is 10.3. The van der Waals surface area contributed by atoms with Crippen molar-refractivity contribution in [1.29, 1.82) is 0 Å². The van der Waals surface area contributed by atoms with Crippen molar-refractivity contribution < 1.29 is 9.53 Å². The van der Waals surface area contributed by atoms with E-state index in [1.54, 1.807) is 19.2 Å². The van der Waals surface area contributed by atoms with Crippen molar-refractivity contribution in [3.63, 3.8) is 0 Å². The van der Waals surface area contributed by atoms with Crippen LogP contribution >= 0.6 is 35.0 Å². The van der Waals surface area contributed by atoms with Crippen molar-refractivity contribution in [2.75, 3.05) is 19.0 Å². The first-order chi connectivity index (χ1) is 13.0. The fourth-order valence-electron chi connectivity index (χ4n) is 2.46. The fraction of sp³-hybridized carbons (Fsp3) is 0.278. The van der Waals surface area contributed by atoms with Gasteiger partial charge in [-0.15, -0.1) is 0 Å². The van der Waals surface area contributed by atoms with E-state index in [-0.39, 0.29) is 11.2 Å². The summed E-state index contributed by atoms with van der Waals surface area (Å²) in [4.78, 5) is 21.2. The summed E-state index contributed by atoms with van der Waals surface area (Å²) in [6.07, 6.45) is 1.49. The molecule has 0 aliphatic heterocycles. The maximum Gasteiger partial charge on any atom is 0.238 e. The normalized spacial score (nSPS) is 12.3. The number of aromatic nitrogens is 3. The summed E-state index contributed by atoms with van der Waals surface area (Å²) >= 11 is 13.3. The van der Waals surface area contributed by atoms with Gasteiger partial charge in [0, 0.05) is 24.9 Å². The number of hydrogen-bond donors (Lipinski definition) is 1. The van der Waals surface area contributed by atoms with E-state index < -0.39 is 0 Å². The van der Waals surface area contributed by atoms with Crippen molar-refractivity contribution in [3.8, 4) is 0 Å². The molecule has 2 heterocycles. The summed E-state index contributed by atoms with van der Waals surface area (Å²) in [6.45, 7) is 2.99. The third kappa shape index (κ3) is 4.93. The van der Waals surface area contributed by atoms with E-state index in [1.807, 2.05) is 29.7 Å². The maximum absolute atomic E-state index is 12.5. The number of pyridine rings is 1. The van der Waals surface area contributed by atoms with E-state index >= 15 is 0 Å². The van der Waals surface area contributed by atoms with Crippen LogP contribution in [-0.2, 0) is 16.1 Å². The molecule has 1 aromatic carbocycles. The first-order valence-corrected chi connectivity index (χ1v) is 9.85. The van der Waals surface area contributed by atoms with Crippen molar-refractivity contribution in [1.82, 2.24) is 14.5 Å². The third-order valence-corrected chi connectivity index (χ3v) is 5.37. The molecule has 0 fully saturated rings. The highest BCUT2D eigenvalue weighted by molar-refractivity contribution is 8.00. The molecular formula is C18H18Cl2N4O2S. The topological polar surface area (TPSA) is 69.0 Å². The first-order valence-electron chi connectivity index (χ1n) is 8.21. The number of nitrogens with zero attached hydrogens (tertiary/aromatic N) is 3. The van der Waals surface area contributed by atoms with E-state index in [0.29, 0.717) is 29.0 Å². The maximum atomic E-state index is 12.5. The van der Waals surface area contributed by atoms with Crippen LogP contribution in [0.4, 0.5) is 5.82 Å². The minimum Gasteiger partial charge on any atom is -0.383 e. The third-order valence-electron chi connectivity index (χ3n) is 3.82. The average molecular weight is 425 g/mol. The number of methoxy groups -OCH3 is 1. The molecule has 0 radical (unpaired) electrons. The summed E-state index contributed by atoms with van der Waals surface area (Å²) in [6, 6.07) is 8.90. The summed E-state index contributed by atoms with van der Waals surface area (Å²) in [5.74, 6) is 0.287. The van der Waals surface area contributed by atoms with Crippen LogP contribution in [0.1, 0.15) is 6.92 Å². The molecule has 0 saturated carbocycles. The van der Waals surface area contributed by atoms with Gasteiger partial charge in [0.2, 0.25) is 5.91 Å². The number of amides is 1. The number of imidazole rings is 1. The quantitative estimate of drug-likeness (QED) is 0.565. The minimum absolute atomic E-state index is 0.168. The Morgan fingerprint density at radius 1 is 1.30 bits per heavy atom. The smallest absolute Gasteiger partial charge is 0.238 e. The van der Waals surface area contributed by atoms with Crippen LogP contribution in [-0.4, -0.2) is 39.4 Å². The predicted molar refractivity (Wildman–Crippen MR) is 110 cm³/mol. The Bertz CT molecular complexity index is 946. The monoisotopic (exact) mass is 424 g/mol. The van der Waals surface area contributed by atoms with Gasteiger partial charge < -0.3 is 14.6 Å². The Kier molecular flexibility index (Phi) is 6.59. The largest absolute Gasteiger partial charge is 0.383 e. The molecule has 0 saturated heterocycles. The second-order valence-electron chi connectivity index (χ2n) is 5.78. The molecule has 3 aromatic rings. The van der Waals surface area contributed by atoms with Crippen molar-refractivity contribution in [3.05, 3.63) is 46.6 Å². The van der Waals surface area contributed by atoms with E-state index in [9.17, 15) is 4.79 Å². The van der Waals surface area contributed by atoms with E-state index in [1.165, 1.54) is 18.0 Å². The van der Waals surface area contributed by atoms with E-state index in [0.717, 1.165) is 16.2 Å². The molecule has 0 aliphatic carbocycles. The molecule has 27 heavy (non-hydrogen) atoms. The van der Waals surface area contributed by atoms with Crippen LogP contribution in [0.15, 0.2) is 41.7 Å². The number of ether oxygens (including phenoxy) is 1. The zero-order chi connectivity index (χ0) is 19.4. The van der Waals surface area contributed by atoms with Crippen LogP contribution in [0, 0.1) is 0 Å². The highest BCUT2D eigenvalue weighted by Crippen LogP contribution is 2.29. The van der Waals surface area contributed by atoms with E-state index in [2.05, 4.69) is 15.3 Å². The molecule has 1 atom stereocenters. The summed E-state index contributed by atoms with van der Waals surface area (Å²) in [5.41, 5.74) is 1.74. The van der Waals surface area contributed by atoms with Gasteiger partial charge in [-0.25, -0.2) is 9.97 Å². The molecule has 3 rings (SSSR count). The molecule has 0 spiro atoms. The Morgan fingerprint density at radius 3 is 2.78 bits per heavy atom. The van der Waals surface area contributed by atoms with Crippen LogP contribution in [0.25, 0.3) is 11.0 Å². The molecule has 1 unspecified atom stereocenters. The number of anilines is 1. The number of rotatable bonds is 7. The van der Waals surface area contributed by atoms with Crippen molar-refractivity contribution in [2.24, 2.45) is 0 Å². The predicted octanol–water partition coefficient (Wildman–Crippen LogP) is 4.50. The highest BCUT2D eigenvalue weighted by Gasteiger charge is 2.20. The Balaban J connectivity index is 1.79.